The van der Waals surface area contributed by atoms with Crippen molar-refractivity contribution in [1.82, 2.24) is 25.3 Å². The molecule has 1 heterocycles. The Labute approximate surface area is 191 Å². The Morgan fingerprint density at radius 3 is 2.52 bits per heavy atom. The predicted octanol–water partition coefficient (Wildman–Crippen LogP) is 2.72. The molecule has 0 fully saturated rings. The second-order valence-corrected chi connectivity index (χ2v) is 6.75. The number of guanidine groups is 1. The lowest BCUT2D eigenvalue weighted by molar-refractivity contribution is -0.130. The summed E-state index contributed by atoms with van der Waals surface area (Å²) in [4.78, 5) is 18.6. The Morgan fingerprint density at radius 2 is 1.93 bits per heavy atom. The van der Waals surface area contributed by atoms with Gasteiger partial charge in [-0.2, -0.15) is 5.10 Å². The van der Waals surface area contributed by atoms with Gasteiger partial charge in [0.15, 0.2) is 5.96 Å². The molecule has 2 rings (SSSR count). The molecule has 7 nitrogen and oxygen atoms in total. The first-order valence-corrected chi connectivity index (χ1v) is 9.80. The number of benzene rings is 1. The molecule has 0 aliphatic rings. The van der Waals surface area contributed by atoms with Gasteiger partial charge in [0.05, 0.1) is 12.2 Å². The van der Waals surface area contributed by atoms with Gasteiger partial charge in [0.25, 0.3) is 0 Å². The van der Waals surface area contributed by atoms with E-state index in [0.717, 1.165) is 30.8 Å². The van der Waals surface area contributed by atoms with Crippen molar-refractivity contribution < 1.29 is 4.79 Å². The molecule has 0 saturated carbocycles. The largest absolute Gasteiger partial charge is 0.356 e. The minimum atomic E-state index is 0. The van der Waals surface area contributed by atoms with E-state index in [2.05, 4.69) is 33.7 Å². The van der Waals surface area contributed by atoms with E-state index in [0.29, 0.717) is 19.0 Å². The van der Waals surface area contributed by atoms with Gasteiger partial charge in [-0.15, -0.1) is 24.0 Å². The van der Waals surface area contributed by atoms with Crippen molar-refractivity contribution in [3.05, 3.63) is 53.3 Å². The number of halogens is 1. The molecule has 1 aromatic carbocycles. The molecule has 0 atom stereocenters. The Bertz CT molecular complexity index is 775. The lowest BCUT2D eigenvalue weighted by Gasteiger charge is -2.22. The van der Waals surface area contributed by atoms with Gasteiger partial charge in [0, 0.05) is 38.9 Å². The summed E-state index contributed by atoms with van der Waals surface area (Å²) in [7, 11) is 1.71. The Morgan fingerprint density at radius 1 is 1.21 bits per heavy atom. The first-order chi connectivity index (χ1) is 13.5. The monoisotopic (exact) mass is 512 g/mol. The van der Waals surface area contributed by atoms with E-state index >= 15 is 0 Å². The molecule has 0 unspecified atom stereocenters. The van der Waals surface area contributed by atoms with Crippen molar-refractivity contribution in [2.75, 3.05) is 26.7 Å². The zero-order valence-electron chi connectivity index (χ0n) is 17.8. The maximum absolute atomic E-state index is 12.5. The molecule has 0 aliphatic heterocycles. The molecule has 0 saturated heterocycles. The predicted molar refractivity (Wildman–Crippen MR) is 129 cm³/mol. The average molecular weight is 512 g/mol. The molecule has 0 bridgehead atoms. The highest BCUT2D eigenvalue weighted by Gasteiger charge is 2.12. The lowest BCUT2D eigenvalue weighted by Crippen LogP contribution is -2.44. The van der Waals surface area contributed by atoms with Crippen LogP contribution in [0.5, 0.6) is 0 Å². The molecule has 160 valence electrons. The summed E-state index contributed by atoms with van der Waals surface area (Å²) in [5.41, 5.74) is 3.34. The van der Waals surface area contributed by atoms with Crippen LogP contribution in [0.1, 0.15) is 30.3 Å². The summed E-state index contributed by atoms with van der Waals surface area (Å²) in [6, 6.07) is 12.1. The van der Waals surface area contributed by atoms with Gasteiger partial charge in [-0.05, 0) is 38.8 Å². The highest BCUT2D eigenvalue weighted by Crippen LogP contribution is 2.04. The zero-order valence-corrected chi connectivity index (χ0v) is 20.1. The molecule has 2 N–H and O–H groups in total. The number of aromatic nitrogens is 2. The van der Waals surface area contributed by atoms with Crippen LogP contribution in [0.3, 0.4) is 0 Å². The molecule has 0 aliphatic carbocycles. The summed E-state index contributed by atoms with van der Waals surface area (Å²) in [6.45, 7) is 9.18. The van der Waals surface area contributed by atoms with E-state index in [-0.39, 0.29) is 36.4 Å². The van der Waals surface area contributed by atoms with Crippen LogP contribution < -0.4 is 10.6 Å². The number of likely N-dealkylation sites (N-methyl/N-ethyl adjacent to an activating group) is 1. The maximum Gasteiger partial charge on any atom is 0.242 e. The SMILES string of the molecule is CCN(Cc1ccccc1)C(=O)CNC(=NC)NCCCn1nc(C)cc1C.I. The maximum atomic E-state index is 12.5. The third-order valence-electron chi connectivity index (χ3n) is 4.52. The molecule has 29 heavy (non-hydrogen) atoms. The van der Waals surface area contributed by atoms with Crippen molar-refractivity contribution in [2.24, 2.45) is 4.99 Å². The fourth-order valence-corrected chi connectivity index (χ4v) is 3.01. The standard InChI is InChI=1S/C21H32N6O.HI/c1-5-26(16-19-10-7-6-8-11-19)20(28)15-24-21(22-4)23-12-9-13-27-18(3)14-17(2)25-27;/h6-8,10-11,14H,5,9,12-13,15-16H2,1-4H3,(H2,22,23,24);1H. The van der Waals surface area contributed by atoms with Crippen LogP contribution >= 0.6 is 24.0 Å². The first kappa shape index (κ1) is 24.9. The molecular weight excluding hydrogens is 479 g/mol. The number of nitrogens with one attached hydrogen (secondary N) is 2. The quantitative estimate of drug-likeness (QED) is 0.235. The van der Waals surface area contributed by atoms with Crippen LogP contribution in [0.4, 0.5) is 0 Å². The number of carbonyl (C=O) groups excluding carboxylic acids is 1. The van der Waals surface area contributed by atoms with Crippen LogP contribution in [-0.4, -0.2) is 53.2 Å². The van der Waals surface area contributed by atoms with Gasteiger partial charge in [-0.3, -0.25) is 14.5 Å². The number of aliphatic imine (C=N–C) groups is 1. The van der Waals surface area contributed by atoms with E-state index in [1.54, 1.807) is 7.05 Å². The molecule has 2 aromatic rings. The molecule has 0 spiro atoms. The van der Waals surface area contributed by atoms with E-state index in [4.69, 9.17) is 0 Å². The molecule has 8 heteroatoms. The van der Waals surface area contributed by atoms with Crippen molar-refractivity contribution >= 4 is 35.8 Å². The summed E-state index contributed by atoms with van der Waals surface area (Å²) >= 11 is 0. The Balaban J connectivity index is 0.00000420. The molecule has 1 aromatic heterocycles. The van der Waals surface area contributed by atoms with Gasteiger partial charge in [0.2, 0.25) is 5.91 Å². The summed E-state index contributed by atoms with van der Waals surface area (Å²) in [6.07, 6.45) is 0.922. The van der Waals surface area contributed by atoms with Gasteiger partial charge in [-0.25, -0.2) is 0 Å². The number of nitrogens with zero attached hydrogens (tertiary/aromatic N) is 4. The highest BCUT2D eigenvalue weighted by atomic mass is 127. The number of amides is 1. The van der Waals surface area contributed by atoms with Crippen LogP contribution in [0.25, 0.3) is 0 Å². The van der Waals surface area contributed by atoms with Crippen molar-refractivity contribution in [1.29, 1.82) is 0 Å². The summed E-state index contributed by atoms with van der Waals surface area (Å²) in [5, 5.41) is 10.8. The number of hydrogen-bond donors (Lipinski definition) is 2. The summed E-state index contributed by atoms with van der Waals surface area (Å²) < 4.78 is 2.01. The van der Waals surface area contributed by atoms with Gasteiger partial charge in [0.1, 0.15) is 0 Å². The van der Waals surface area contributed by atoms with Gasteiger partial charge in [-0.1, -0.05) is 30.3 Å². The number of rotatable bonds is 9. The zero-order chi connectivity index (χ0) is 20.4. The minimum Gasteiger partial charge on any atom is -0.356 e. The minimum absolute atomic E-state index is 0. The number of aryl methyl sites for hydroxylation is 3. The Kier molecular flexibility index (Phi) is 11.3. The third-order valence-corrected chi connectivity index (χ3v) is 4.52. The van der Waals surface area contributed by atoms with E-state index in [1.807, 2.05) is 53.8 Å². The van der Waals surface area contributed by atoms with Crippen molar-refractivity contribution in [3.63, 3.8) is 0 Å². The van der Waals surface area contributed by atoms with Crippen LogP contribution in [0.15, 0.2) is 41.4 Å². The van der Waals surface area contributed by atoms with Gasteiger partial charge >= 0.3 is 0 Å². The van der Waals surface area contributed by atoms with E-state index in [9.17, 15) is 4.79 Å². The van der Waals surface area contributed by atoms with Crippen LogP contribution in [0.2, 0.25) is 0 Å². The third kappa shape index (κ3) is 8.43. The van der Waals surface area contributed by atoms with Gasteiger partial charge < -0.3 is 15.5 Å². The van der Waals surface area contributed by atoms with Crippen LogP contribution in [-0.2, 0) is 17.9 Å². The fourth-order valence-electron chi connectivity index (χ4n) is 3.01. The molecule has 0 radical (unpaired) electrons. The molecule has 1 amide bonds. The first-order valence-electron chi connectivity index (χ1n) is 9.80. The summed E-state index contributed by atoms with van der Waals surface area (Å²) in [5.74, 6) is 0.689. The van der Waals surface area contributed by atoms with E-state index < -0.39 is 0 Å². The normalized spacial score (nSPS) is 11.0. The van der Waals surface area contributed by atoms with Crippen molar-refractivity contribution in [3.8, 4) is 0 Å². The van der Waals surface area contributed by atoms with E-state index in [1.165, 1.54) is 5.69 Å². The van der Waals surface area contributed by atoms with Crippen LogP contribution in [0, 0.1) is 13.8 Å². The second kappa shape index (κ2) is 13.2. The average Bonchev–Trinajstić information content (AvgIpc) is 3.03. The second-order valence-electron chi connectivity index (χ2n) is 6.75. The topological polar surface area (TPSA) is 74.6 Å². The lowest BCUT2D eigenvalue weighted by atomic mass is 10.2. The number of carbonyl (C=O) groups is 1. The smallest absolute Gasteiger partial charge is 0.242 e. The fraction of sp³-hybridized carbons (Fsp3) is 0.476. The Hall–Kier alpha value is -2.10. The van der Waals surface area contributed by atoms with Crippen molar-refractivity contribution in [2.45, 2.75) is 40.3 Å². The molecular formula is C21H33IN6O. The number of hydrogen-bond acceptors (Lipinski definition) is 3. The highest BCUT2D eigenvalue weighted by molar-refractivity contribution is 14.0.